The van der Waals surface area contributed by atoms with Crippen molar-refractivity contribution in [1.29, 1.82) is 0 Å². The fourth-order valence-electron chi connectivity index (χ4n) is 2.20. The molecule has 0 heterocycles. The second kappa shape index (κ2) is 4.44. The van der Waals surface area contributed by atoms with Gasteiger partial charge in [-0.2, -0.15) is 0 Å². The van der Waals surface area contributed by atoms with E-state index in [2.05, 4.69) is 0 Å². The van der Waals surface area contributed by atoms with Gasteiger partial charge in [-0.1, -0.05) is 12.1 Å². The second-order valence-corrected chi connectivity index (χ2v) is 4.66. The third-order valence-corrected chi connectivity index (χ3v) is 3.15. The van der Waals surface area contributed by atoms with E-state index in [1.165, 1.54) is 0 Å². The van der Waals surface area contributed by atoms with Gasteiger partial charge in [0.2, 0.25) is 0 Å². The molecule has 88 valence electrons. The number of ether oxygens (including phenoxy) is 1. The molecule has 0 spiro atoms. The van der Waals surface area contributed by atoms with Crippen molar-refractivity contribution < 1.29 is 14.9 Å². The summed E-state index contributed by atoms with van der Waals surface area (Å²) in [7, 11) is 1.61. The van der Waals surface area contributed by atoms with Crippen LogP contribution in [0.3, 0.4) is 0 Å². The number of methoxy groups -OCH3 is 1. The maximum absolute atomic E-state index is 10.5. The highest BCUT2D eigenvalue weighted by molar-refractivity contribution is 5.28. The van der Waals surface area contributed by atoms with Gasteiger partial charge >= 0.3 is 0 Å². The summed E-state index contributed by atoms with van der Waals surface area (Å²) in [5.74, 6) is 0.586. The van der Waals surface area contributed by atoms with Crippen molar-refractivity contribution in [2.24, 2.45) is 5.92 Å². The van der Waals surface area contributed by atoms with Crippen molar-refractivity contribution in [2.75, 3.05) is 13.7 Å². The highest BCUT2D eigenvalue weighted by Crippen LogP contribution is 2.41. The molecule has 16 heavy (non-hydrogen) atoms. The van der Waals surface area contributed by atoms with Crippen molar-refractivity contribution in [3.05, 3.63) is 29.8 Å². The lowest BCUT2D eigenvalue weighted by Gasteiger charge is -2.27. The third-order valence-electron chi connectivity index (χ3n) is 3.15. The Balaban J connectivity index is 2.10. The molecular formula is C13H18O3. The Morgan fingerprint density at radius 3 is 2.75 bits per heavy atom. The predicted molar refractivity (Wildman–Crippen MR) is 61.4 cm³/mol. The first-order valence-corrected chi connectivity index (χ1v) is 5.63. The lowest BCUT2D eigenvalue weighted by Crippen LogP contribution is -2.39. The number of phenols is 1. The Hall–Kier alpha value is -1.06. The number of rotatable bonds is 5. The minimum atomic E-state index is -0.775. The molecule has 3 nitrogen and oxygen atoms in total. The van der Waals surface area contributed by atoms with Gasteiger partial charge in [0, 0.05) is 13.5 Å². The highest BCUT2D eigenvalue weighted by Gasteiger charge is 2.43. The van der Waals surface area contributed by atoms with Gasteiger partial charge in [-0.3, -0.25) is 0 Å². The second-order valence-electron chi connectivity index (χ2n) is 4.66. The summed E-state index contributed by atoms with van der Waals surface area (Å²) in [6.45, 7) is 0.354. The minimum absolute atomic E-state index is 0.244. The fraction of sp³-hybridized carbons (Fsp3) is 0.538. The third kappa shape index (κ3) is 2.54. The van der Waals surface area contributed by atoms with E-state index in [4.69, 9.17) is 4.74 Å². The number of hydrogen-bond acceptors (Lipinski definition) is 3. The Kier molecular flexibility index (Phi) is 3.17. The molecule has 0 bridgehead atoms. The van der Waals surface area contributed by atoms with Gasteiger partial charge in [0.1, 0.15) is 5.75 Å². The average Bonchev–Trinajstić information content (AvgIpc) is 3.00. The summed E-state index contributed by atoms with van der Waals surface area (Å²) >= 11 is 0. The molecule has 1 atom stereocenters. The molecule has 1 fully saturated rings. The zero-order chi connectivity index (χ0) is 11.6. The molecule has 0 saturated heterocycles. The first kappa shape index (κ1) is 11.4. The van der Waals surface area contributed by atoms with Crippen molar-refractivity contribution in [3.8, 4) is 5.75 Å². The summed E-state index contributed by atoms with van der Waals surface area (Å²) in [4.78, 5) is 0. The van der Waals surface area contributed by atoms with Crippen LogP contribution in [0.2, 0.25) is 0 Å². The molecule has 1 saturated carbocycles. The highest BCUT2D eigenvalue weighted by atomic mass is 16.5. The Labute approximate surface area is 95.7 Å². The van der Waals surface area contributed by atoms with E-state index in [-0.39, 0.29) is 5.75 Å². The molecule has 1 unspecified atom stereocenters. The SMILES string of the molecule is COCC(O)(Cc1cccc(O)c1)C1CC1. The summed E-state index contributed by atoms with van der Waals surface area (Å²) in [6, 6.07) is 7.05. The molecule has 2 N–H and O–H groups in total. The largest absolute Gasteiger partial charge is 0.508 e. The molecule has 1 aromatic carbocycles. The molecular weight excluding hydrogens is 204 g/mol. The summed E-state index contributed by atoms with van der Waals surface area (Å²) in [6.07, 6.45) is 2.68. The molecule has 1 aliphatic rings. The molecule has 2 rings (SSSR count). The van der Waals surface area contributed by atoms with E-state index in [1.54, 1.807) is 25.3 Å². The molecule has 0 radical (unpaired) electrons. The standard InChI is InChI=1S/C13H18O3/c1-16-9-13(15,11-5-6-11)8-10-3-2-4-12(14)7-10/h2-4,7,11,14-15H,5-6,8-9H2,1H3. The van der Waals surface area contributed by atoms with Crippen LogP contribution in [0, 0.1) is 5.92 Å². The van der Waals surface area contributed by atoms with Crippen LogP contribution in [-0.4, -0.2) is 29.5 Å². The average molecular weight is 222 g/mol. The summed E-state index contributed by atoms with van der Waals surface area (Å²) in [5, 5.41) is 19.9. The number of aliphatic hydroxyl groups is 1. The minimum Gasteiger partial charge on any atom is -0.508 e. The predicted octanol–water partition coefficient (Wildman–Crippen LogP) is 1.72. The number of aromatic hydroxyl groups is 1. The van der Waals surface area contributed by atoms with Gasteiger partial charge in [-0.15, -0.1) is 0 Å². The van der Waals surface area contributed by atoms with Crippen molar-refractivity contribution in [2.45, 2.75) is 24.9 Å². The van der Waals surface area contributed by atoms with Crippen LogP contribution < -0.4 is 0 Å². The number of benzene rings is 1. The van der Waals surface area contributed by atoms with Crippen LogP contribution in [0.4, 0.5) is 0 Å². The first-order valence-electron chi connectivity index (χ1n) is 5.63. The van der Waals surface area contributed by atoms with E-state index in [1.807, 2.05) is 6.07 Å². The fourth-order valence-corrected chi connectivity index (χ4v) is 2.20. The van der Waals surface area contributed by atoms with Crippen LogP contribution >= 0.6 is 0 Å². The van der Waals surface area contributed by atoms with Gasteiger partial charge in [0.05, 0.1) is 12.2 Å². The van der Waals surface area contributed by atoms with Gasteiger partial charge in [0.25, 0.3) is 0 Å². The van der Waals surface area contributed by atoms with Gasteiger partial charge in [-0.25, -0.2) is 0 Å². The number of hydrogen-bond donors (Lipinski definition) is 2. The van der Waals surface area contributed by atoms with Crippen LogP contribution in [0.15, 0.2) is 24.3 Å². The first-order chi connectivity index (χ1) is 7.64. The monoisotopic (exact) mass is 222 g/mol. The van der Waals surface area contributed by atoms with Crippen LogP contribution in [0.25, 0.3) is 0 Å². The lowest BCUT2D eigenvalue weighted by atomic mass is 9.90. The van der Waals surface area contributed by atoms with Crippen LogP contribution in [0.1, 0.15) is 18.4 Å². The molecule has 0 aromatic heterocycles. The van der Waals surface area contributed by atoms with E-state index in [0.29, 0.717) is 18.9 Å². The number of phenolic OH excluding ortho intramolecular Hbond substituents is 1. The van der Waals surface area contributed by atoms with Gasteiger partial charge < -0.3 is 14.9 Å². The molecule has 0 amide bonds. The zero-order valence-corrected chi connectivity index (χ0v) is 9.52. The van der Waals surface area contributed by atoms with E-state index < -0.39 is 5.60 Å². The van der Waals surface area contributed by atoms with E-state index >= 15 is 0 Å². The van der Waals surface area contributed by atoms with Gasteiger partial charge in [0.15, 0.2) is 0 Å². The zero-order valence-electron chi connectivity index (χ0n) is 9.52. The quantitative estimate of drug-likeness (QED) is 0.797. The lowest BCUT2D eigenvalue weighted by molar-refractivity contribution is -0.0474. The Bertz CT molecular complexity index is 360. The summed E-state index contributed by atoms with van der Waals surface area (Å²) < 4.78 is 5.10. The van der Waals surface area contributed by atoms with Crippen molar-refractivity contribution in [3.63, 3.8) is 0 Å². The molecule has 1 aromatic rings. The molecule has 1 aliphatic carbocycles. The van der Waals surface area contributed by atoms with Crippen molar-refractivity contribution in [1.82, 2.24) is 0 Å². The molecule has 0 aliphatic heterocycles. The normalized spacial score (nSPS) is 19.4. The smallest absolute Gasteiger partial charge is 0.115 e. The Morgan fingerprint density at radius 1 is 1.44 bits per heavy atom. The van der Waals surface area contributed by atoms with E-state index in [9.17, 15) is 10.2 Å². The van der Waals surface area contributed by atoms with Crippen molar-refractivity contribution >= 4 is 0 Å². The van der Waals surface area contributed by atoms with Gasteiger partial charge in [-0.05, 0) is 36.5 Å². The maximum Gasteiger partial charge on any atom is 0.115 e. The Morgan fingerprint density at radius 2 is 2.19 bits per heavy atom. The topological polar surface area (TPSA) is 49.7 Å². The maximum atomic E-state index is 10.5. The molecule has 3 heteroatoms. The van der Waals surface area contributed by atoms with E-state index in [0.717, 1.165) is 18.4 Å². The van der Waals surface area contributed by atoms with Crippen LogP contribution in [0.5, 0.6) is 5.75 Å². The summed E-state index contributed by atoms with van der Waals surface area (Å²) in [5.41, 5.74) is 0.175. The van der Waals surface area contributed by atoms with Crippen LogP contribution in [-0.2, 0) is 11.2 Å².